The number of hydrogen-bond donors (Lipinski definition) is 2. The second-order valence-corrected chi connectivity index (χ2v) is 5.26. The molecule has 1 aliphatic heterocycles. The van der Waals surface area contributed by atoms with E-state index in [1.54, 1.807) is 0 Å². The van der Waals surface area contributed by atoms with E-state index < -0.39 is 0 Å². The fourth-order valence-corrected chi connectivity index (χ4v) is 2.70. The minimum atomic E-state index is 0.815. The molecule has 4 heteroatoms. The zero-order chi connectivity index (χ0) is 10.5. The molecule has 1 unspecified atom stereocenters. The van der Waals surface area contributed by atoms with E-state index in [2.05, 4.69) is 22.5 Å². The molecule has 1 aromatic rings. The van der Waals surface area contributed by atoms with E-state index in [9.17, 15) is 0 Å². The second-order valence-electron chi connectivity index (χ2n) is 4.06. The van der Waals surface area contributed by atoms with Crippen molar-refractivity contribution >= 4 is 11.3 Å². The van der Waals surface area contributed by atoms with Gasteiger partial charge < -0.3 is 10.6 Å². The maximum atomic E-state index is 4.39. The molecule has 0 bridgehead atoms. The van der Waals surface area contributed by atoms with Gasteiger partial charge in [-0.3, -0.25) is 0 Å². The molecule has 1 aliphatic rings. The molecule has 3 nitrogen and oxygen atoms in total. The molecule has 0 aliphatic carbocycles. The van der Waals surface area contributed by atoms with Crippen molar-refractivity contribution in [2.75, 3.05) is 19.6 Å². The van der Waals surface area contributed by atoms with E-state index in [-0.39, 0.29) is 0 Å². The lowest BCUT2D eigenvalue weighted by molar-refractivity contribution is 0.512. The summed E-state index contributed by atoms with van der Waals surface area (Å²) in [6.45, 7) is 6.58. The van der Waals surface area contributed by atoms with Gasteiger partial charge in [-0.2, -0.15) is 0 Å². The topological polar surface area (TPSA) is 37.0 Å². The molecule has 2 heterocycles. The van der Waals surface area contributed by atoms with Crippen LogP contribution in [-0.2, 0) is 13.0 Å². The Bertz CT molecular complexity index is 292. The van der Waals surface area contributed by atoms with Crippen LogP contribution in [0.3, 0.4) is 0 Å². The smallest absolute Gasteiger partial charge is 0.107 e. The average Bonchev–Trinajstić information content (AvgIpc) is 2.88. The first kappa shape index (κ1) is 11.0. The van der Waals surface area contributed by atoms with Crippen molar-refractivity contribution in [2.24, 2.45) is 5.92 Å². The Labute approximate surface area is 95.3 Å². The first-order valence-electron chi connectivity index (χ1n) is 5.73. The Balaban J connectivity index is 1.68. The summed E-state index contributed by atoms with van der Waals surface area (Å²) < 4.78 is 0. The maximum absolute atomic E-state index is 4.39. The summed E-state index contributed by atoms with van der Waals surface area (Å²) in [4.78, 5) is 5.78. The molecule has 0 spiro atoms. The standard InChI is InChI=1S/C11H19N3S/c1-2-10-7-14-11(15-10)8-13-6-9-3-4-12-5-9/h7,9,12-13H,2-6,8H2,1H3. The lowest BCUT2D eigenvalue weighted by Crippen LogP contribution is -2.23. The van der Waals surface area contributed by atoms with Crippen molar-refractivity contribution in [1.29, 1.82) is 0 Å². The third-order valence-corrected chi connectivity index (χ3v) is 3.96. The highest BCUT2D eigenvalue weighted by Gasteiger charge is 2.13. The summed E-state index contributed by atoms with van der Waals surface area (Å²) in [5.74, 6) is 0.815. The molecular weight excluding hydrogens is 206 g/mol. The van der Waals surface area contributed by atoms with Crippen molar-refractivity contribution in [1.82, 2.24) is 15.6 Å². The van der Waals surface area contributed by atoms with E-state index >= 15 is 0 Å². The molecule has 15 heavy (non-hydrogen) atoms. The third kappa shape index (κ3) is 3.26. The minimum Gasteiger partial charge on any atom is -0.316 e. The predicted octanol–water partition coefficient (Wildman–Crippen LogP) is 1.40. The average molecular weight is 225 g/mol. The fraction of sp³-hybridized carbons (Fsp3) is 0.727. The Kier molecular flexibility index (Phi) is 4.11. The van der Waals surface area contributed by atoms with Gasteiger partial charge in [-0.15, -0.1) is 11.3 Å². The number of aryl methyl sites for hydroxylation is 1. The van der Waals surface area contributed by atoms with E-state index in [0.29, 0.717) is 0 Å². The van der Waals surface area contributed by atoms with Crippen LogP contribution in [-0.4, -0.2) is 24.6 Å². The summed E-state index contributed by atoms with van der Waals surface area (Å²) >= 11 is 1.83. The molecule has 1 saturated heterocycles. The number of nitrogens with one attached hydrogen (secondary N) is 2. The molecule has 2 N–H and O–H groups in total. The van der Waals surface area contributed by atoms with Gasteiger partial charge in [-0.05, 0) is 38.4 Å². The number of hydrogen-bond acceptors (Lipinski definition) is 4. The molecule has 0 saturated carbocycles. The highest BCUT2D eigenvalue weighted by Crippen LogP contribution is 2.13. The predicted molar refractivity (Wildman–Crippen MR) is 64.2 cm³/mol. The fourth-order valence-electron chi connectivity index (χ4n) is 1.87. The molecule has 1 aromatic heterocycles. The zero-order valence-corrected chi connectivity index (χ0v) is 10.1. The van der Waals surface area contributed by atoms with E-state index in [1.807, 2.05) is 17.5 Å². The lowest BCUT2D eigenvalue weighted by Gasteiger charge is -2.08. The van der Waals surface area contributed by atoms with Gasteiger partial charge in [0.25, 0.3) is 0 Å². The van der Waals surface area contributed by atoms with Crippen LogP contribution < -0.4 is 10.6 Å². The normalized spacial score (nSPS) is 21.0. The van der Waals surface area contributed by atoms with Gasteiger partial charge in [0.15, 0.2) is 0 Å². The quantitative estimate of drug-likeness (QED) is 0.795. The first-order chi connectivity index (χ1) is 7.38. The SMILES string of the molecule is CCc1cnc(CNCC2CCNC2)s1. The summed E-state index contributed by atoms with van der Waals surface area (Å²) in [5, 5.41) is 8.09. The Morgan fingerprint density at radius 2 is 2.60 bits per heavy atom. The molecule has 1 atom stereocenters. The second kappa shape index (κ2) is 5.58. The molecule has 0 amide bonds. The Morgan fingerprint density at radius 1 is 1.67 bits per heavy atom. The number of thiazole rings is 1. The molecule has 0 aromatic carbocycles. The zero-order valence-electron chi connectivity index (χ0n) is 9.25. The Hall–Kier alpha value is -0.450. The van der Waals surface area contributed by atoms with Gasteiger partial charge in [0.05, 0.1) is 0 Å². The number of nitrogens with zero attached hydrogens (tertiary/aromatic N) is 1. The van der Waals surface area contributed by atoms with Crippen molar-refractivity contribution in [2.45, 2.75) is 26.3 Å². The van der Waals surface area contributed by atoms with Crippen LogP contribution in [0.15, 0.2) is 6.20 Å². The highest BCUT2D eigenvalue weighted by atomic mass is 32.1. The van der Waals surface area contributed by atoms with Crippen LogP contribution in [0.5, 0.6) is 0 Å². The summed E-state index contributed by atoms with van der Waals surface area (Å²) in [7, 11) is 0. The first-order valence-corrected chi connectivity index (χ1v) is 6.55. The van der Waals surface area contributed by atoms with Crippen LogP contribution in [0.2, 0.25) is 0 Å². The third-order valence-electron chi connectivity index (χ3n) is 2.82. The number of rotatable bonds is 5. The summed E-state index contributed by atoms with van der Waals surface area (Å²) in [6, 6.07) is 0. The molecule has 1 fully saturated rings. The van der Waals surface area contributed by atoms with Crippen molar-refractivity contribution < 1.29 is 0 Å². The van der Waals surface area contributed by atoms with Gasteiger partial charge in [0.2, 0.25) is 0 Å². The van der Waals surface area contributed by atoms with E-state index in [0.717, 1.165) is 25.4 Å². The maximum Gasteiger partial charge on any atom is 0.107 e. The van der Waals surface area contributed by atoms with Crippen LogP contribution in [0.1, 0.15) is 23.2 Å². The van der Waals surface area contributed by atoms with Crippen molar-refractivity contribution in [3.05, 3.63) is 16.1 Å². The summed E-state index contributed by atoms with van der Waals surface area (Å²) in [6.07, 6.45) is 4.41. The van der Waals surface area contributed by atoms with Crippen molar-refractivity contribution in [3.63, 3.8) is 0 Å². The lowest BCUT2D eigenvalue weighted by atomic mass is 10.1. The van der Waals surface area contributed by atoms with Crippen LogP contribution in [0, 0.1) is 5.92 Å². The Morgan fingerprint density at radius 3 is 3.27 bits per heavy atom. The van der Waals surface area contributed by atoms with Gasteiger partial charge >= 0.3 is 0 Å². The monoisotopic (exact) mass is 225 g/mol. The molecule has 0 radical (unpaired) electrons. The van der Waals surface area contributed by atoms with Gasteiger partial charge in [-0.1, -0.05) is 6.92 Å². The van der Waals surface area contributed by atoms with Gasteiger partial charge in [-0.25, -0.2) is 4.98 Å². The van der Waals surface area contributed by atoms with Crippen molar-refractivity contribution in [3.8, 4) is 0 Å². The van der Waals surface area contributed by atoms with Crippen LogP contribution in [0.25, 0.3) is 0 Å². The van der Waals surface area contributed by atoms with Gasteiger partial charge in [0.1, 0.15) is 5.01 Å². The van der Waals surface area contributed by atoms with E-state index in [4.69, 9.17) is 0 Å². The van der Waals surface area contributed by atoms with E-state index in [1.165, 1.54) is 29.4 Å². The highest BCUT2D eigenvalue weighted by molar-refractivity contribution is 7.11. The van der Waals surface area contributed by atoms with Gasteiger partial charge in [0, 0.05) is 17.6 Å². The molecule has 84 valence electrons. The molecular formula is C11H19N3S. The largest absolute Gasteiger partial charge is 0.316 e. The minimum absolute atomic E-state index is 0.815. The molecule has 2 rings (SSSR count). The number of aromatic nitrogens is 1. The van der Waals surface area contributed by atoms with Crippen LogP contribution >= 0.6 is 11.3 Å². The summed E-state index contributed by atoms with van der Waals surface area (Å²) in [5.41, 5.74) is 0. The van der Waals surface area contributed by atoms with Crippen LogP contribution in [0.4, 0.5) is 0 Å².